The number of piperidine rings is 1. The highest BCUT2D eigenvalue weighted by atomic mass is 15.1. The third kappa shape index (κ3) is 2.01. The SMILES string of the molecule is [B]C1CCCN(C(C)C)C1. The summed E-state index contributed by atoms with van der Waals surface area (Å²) in [5, 5.41) is 0. The summed E-state index contributed by atoms with van der Waals surface area (Å²) >= 11 is 0. The van der Waals surface area contributed by atoms with Crippen molar-refractivity contribution in [3.05, 3.63) is 0 Å². The van der Waals surface area contributed by atoms with Crippen LogP contribution in [0.5, 0.6) is 0 Å². The molecule has 0 aliphatic carbocycles. The van der Waals surface area contributed by atoms with Gasteiger partial charge in [0.25, 0.3) is 0 Å². The summed E-state index contributed by atoms with van der Waals surface area (Å²) < 4.78 is 0. The minimum atomic E-state index is 0.427. The Morgan fingerprint density at radius 3 is 2.60 bits per heavy atom. The molecule has 1 atom stereocenters. The highest BCUT2D eigenvalue weighted by Crippen LogP contribution is 2.19. The molecule has 2 heteroatoms. The molecule has 1 rings (SSSR count). The van der Waals surface area contributed by atoms with E-state index >= 15 is 0 Å². The summed E-state index contributed by atoms with van der Waals surface area (Å²) in [6.07, 6.45) is 2.49. The van der Waals surface area contributed by atoms with Gasteiger partial charge in [-0.25, -0.2) is 0 Å². The van der Waals surface area contributed by atoms with E-state index in [9.17, 15) is 0 Å². The van der Waals surface area contributed by atoms with Gasteiger partial charge in [0.15, 0.2) is 0 Å². The molecule has 1 heterocycles. The van der Waals surface area contributed by atoms with Crippen molar-refractivity contribution in [1.82, 2.24) is 4.90 Å². The molecule has 1 aliphatic heterocycles. The molecule has 1 saturated heterocycles. The predicted molar refractivity (Wildman–Crippen MR) is 45.4 cm³/mol. The van der Waals surface area contributed by atoms with Crippen LogP contribution in [-0.4, -0.2) is 31.9 Å². The molecule has 1 aliphatic rings. The fourth-order valence-electron chi connectivity index (χ4n) is 1.51. The largest absolute Gasteiger partial charge is 0.301 e. The van der Waals surface area contributed by atoms with Gasteiger partial charge in [0.2, 0.25) is 0 Å². The Kier molecular flexibility index (Phi) is 2.78. The maximum Gasteiger partial charge on any atom is 0.0716 e. The summed E-state index contributed by atoms with van der Waals surface area (Å²) in [6.45, 7) is 6.80. The van der Waals surface area contributed by atoms with Crippen molar-refractivity contribution in [2.24, 2.45) is 0 Å². The molecule has 0 bridgehead atoms. The zero-order chi connectivity index (χ0) is 7.56. The Morgan fingerprint density at radius 1 is 1.50 bits per heavy atom. The van der Waals surface area contributed by atoms with E-state index < -0.39 is 0 Å². The van der Waals surface area contributed by atoms with Gasteiger partial charge >= 0.3 is 0 Å². The van der Waals surface area contributed by atoms with E-state index in [1.54, 1.807) is 0 Å². The molecule has 1 nitrogen and oxygen atoms in total. The third-order valence-corrected chi connectivity index (χ3v) is 2.22. The molecular formula is C8H16BN. The number of rotatable bonds is 1. The molecule has 1 fully saturated rings. The van der Waals surface area contributed by atoms with Crippen LogP contribution in [0.3, 0.4) is 0 Å². The van der Waals surface area contributed by atoms with Gasteiger partial charge in [-0.2, -0.15) is 0 Å². The lowest BCUT2D eigenvalue weighted by atomic mass is 9.80. The Balaban J connectivity index is 2.32. The van der Waals surface area contributed by atoms with Crippen LogP contribution in [0.2, 0.25) is 5.82 Å². The van der Waals surface area contributed by atoms with Crippen LogP contribution in [0, 0.1) is 0 Å². The van der Waals surface area contributed by atoms with E-state index in [2.05, 4.69) is 18.7 Å². The molecule has 0 aromatic rings. The van der Waals surface area contributed by atoms with E-state index in [1.807, 2.05) is 0 Å². The summed E-state index contributed by atoms with van der Waals surface area (Å²) in [4.78, 5) is 2.45. The van der Waals surface area contributed by atoms with Gasteiger partial charge < -0.3 is 4.90 Å². The Morgan fingerprint density at radius 2 is 2.20 bits per heavy atom. The highest BCUT2D eigenvalue weighted by Gasteiger charge is 2.17. The third-order valence-electron chi connectivity index (χ3n) is 2.22. The van der Waals surface area contributed by atoms with E-state index in [1.165, 1.54) is 19.4 Å². The molecule has 0 aromatic carbocycles. The normalized spacial score (nSPS) is 29.3. The lowest BCUT2D eigenvalue weighted by Crippen LogP contribution is -2.38. The Bertz CT molecular complexity index is 103. The van der Waals surface area contributed by atoms with Crippen molar-refractivity contribution in [3.8, 4) is 0 Å². The first-order chi connectivity index (χ1) is 4.70. The van der Waals surface area contributed by atoms with Gasteiger partial charge in [0, 0.05) is 6.04 Å². The number of nitrogens with zero attached hydrogens (tertiary/aromatic N) is 1. The summed E-state index contributed by atoms with van der Waals surface area (Å²) in [5.41, 5.74) is 0. The van der Waals surface area contributed by atoms with Crippen molar-refractivity contribution < 1.29 is 0 Å². The van der Waals surface area contributed by atoms with Crippen LogP contribution < -0.4 is 0 Å². The van der Waals surface area contributed by atoms with Crippen LogP contribution in [0.1, 0.15) is 26.7 Å². The molecule has 0 N–H and O–H groups in total. The van der Waals surface area contributed by atoms with Gasteiger partial charge in [-0.05, 0) is 33.4 Å². The molecule has 1 unspecified atom stereocenters. The zero-order valence-electron chi connectivity index (χ0n) is 7.01. The fraction of sp³-hybridized carbons (Fsp3) is 1.00. The first kappa shape index (κ1) is 8.12. The average molecular weight is 137 g/mol. The van der Waals surface area contributed by atoms with Crippen LogP contribution >= 0.6 is 0 Å². The Labute approximate surface area is 65.2 Å². The lowest BCUT2D eigenvalue weighted by molar-refractivity contribution is 0.185. The second-order valence-electron chi connectivity index (χ2n) is 3.49. The summed E-state index contributed by atoms with van der Waals surface area (Å²) in [5.74, 6) is 0.427. The maximum atomic E-state index is 5.82. The highest BCUT2D eigenvalue weighted by molar-refractivity contribution is 6.11. The van der Waals surface area contributed by atoms with Crippen LogP contribution in [0.25, 0.3) is 0 Å². The van der Waals surface area contributed by atoms with E-state index in [4.69, 9.17) is 7.85 Å². The average Bonchev–Trinajstić information content (AvgIpc) is 1.88. The van der Waals surface area contributed by atoms with Gasteiger partial charge in [-0.15, -0.1) is 0 Å². The van der Waals surface area contributed by atoms with Gasteiger partial charge in [-0.1, -0.05) is 12.2 Å². The van der Waals surface area contributed by atoms with Crippen LogP contribution in [0.4, 0.5) is 0 Å². The van der Waals surface area contributed by atoms with E-state index in [0.29, 0.717) is 11.9 Å². The van der Waals surface area contributed by atoms with Crippen LogP contribution in [0.15, 0.2) is 0 Å². The quantitative estimate of drug-likeness (QED) is 0.494. The minimum absolute atomic E-state index is 0.427. The summed E-state index contributed by atoms with van der Waals surface area (Å²) in [6, 6.07) is 0.673. The lowest BCUT2D eigenvalue weighted by Gasteiger charge is -2.34. The molecule has 10 heavy (non-hydrogen) atoms. The van der Waals surface area contributed by atoms with Crippen molar-refractivity contribution in [2.45, 2.75) is 38.5 Å². The number of hydrogen-bond donors (Lipinski definition) is 0. The molecular weight excluding hydrogens is 121 g/mol. The maximum absolute atomic E-state index is 5.82. The first-order valence-corrected chi connectivity index (χ1v) is 4.20. The molecule has 0 aromatic heterocycles. The zero-order valence-corrected chi connectivity index (χ0v) is 7.01. The predicted octanol–water partition coefficient (Wildman–Crippen LogP) is 1.45. The topological polar surface area (TPSA) is 3.24 Å². The first-order valence-electron chi connectivity index (χ1n) is 4.20. The van der Waals surface area contributed by atoms with Gasteiger partial charge in [0.1, 0.15) is 0 Å². The second kappa shape index (κ2) is 3.43. The molecule has 0 saturated carbocycles. The molecule has 56 valence electrons. The van der Waals surface area contributed by atoms with Crippen molar-refractivity contribution in [3.63, 3.8) is 0 Å². The molecule has 0 amide bonds. The smallest absolute Gasteiger partial charge is 0.0716 e. The summed E-state index contributed by atoms with van der Waals surface area (Å²) in [7, 11) is 5.82. The standard InChI is InChI=1S/C8H16BN/c1-7(2)10-5-3-4-8(9)6-10/h7-8H,3-6H2,1-2H3. The molecule has 0 spiro atoms. The monoisotopic (exact) mass is 137 g/mol. The van der Waals surface area contributed by atoms with Gasteiger partial charge in [-0.3, -0.25) is 0 Å². The fourth-order valence-corrected chi connectivity index (χ4v) is 1.51. The Hall–Kier alpha value is 0.0249. The molecule has 2 radical (unpaired) electrons. The second-order valence-corrected chi connectivity index (χ2v) is 3.49. The van der Waals surface area contributed by atoms with Crippen molar-refractivity contribution >= 4 is 7.85 Å². The van der Waals surface area contributed by atoms with Crippen molar-refractivity contribution in [1.29, 1.82) is 0 Å². The minimum Gasteiger partial charge on any atom is -0.301 e. The number of likely N-dealkylation sites (tertiary alicyclic amines) is 1. The van der Waals surface area contributed by atoms with Gasteiger partial charge in [0.05, 0.1) is 7.85 Å². The van der Waals surface area contributed by atoms with E-state index in [0.717, 1.165) is 6.54 Å². The number of hydrogen-bond acceptors (Lipinski definition) is 1. The van der Waals surface area contributed by atoms with Crippen molar-refractivity contribution in [2.75, 3.05) is 13.1 Å². The van der Waals surface area contributed by atoms with E-state index in [-0.39, 0.29) is 0 Å². The van der Waals surface area contributed by atoms with Crippen LogP contribution in [-0.2, 0) is 0 Å².